The summed E-state index contributed by atoms with van der Waals surface area (Å²) in [5, 5.41) is 2.68. The van der Waals surface area contributed by atoms with E-state index in [0.29, 0.717) is 5.92 Å². The van der Waals surface area contributed by atoms with E-state index < -0.39 is 25.7 Å². The topological polar surface area (TPSA) is 63.2 Å². The molecule has 0 aromatic heterocycles. The van der Waals surface area contributed by atoms with Gasteiger partial charge in [-0.3, -0.25) is 4.79 Å². The number of carbonyl (C=O) groups excluding carboxylic acids is 1. The van der Waals surface area contributed by atoms with E-state index >= 15 is 0 Å². The van der Waals surface area contributed by atoms with Gasteiger partial charge in [0.25, 0.3) is 15.0 Å². The maximum atomic E-state index is 14.1. The SMILES string of the molecule is CCC1CC1NC(=O)c1cc(Br)cc(S(=O)(=O)Cl)c1F. The molecule has 0 radical (unpaired) electrons. The van der Waals surface area contributed by atoms with Crippen LogP contribution >= 0.6 is 26.6 Å². The van der Waals surface area contributed by atoms with Gasteiger partial charge in [-0.05, 0) is 24.5 Å². The third-order valence-corrected chi connectivity index (χ3v) is 5.05. The van der Waals surface area contributed by atoms with Crippen molar-refractivity contribution in [2.45, 2.75) is 30.7 Å². The van der Waals surface area contributed by atoms with Crippen molar-refractivity contribution < 1.29 is 17.6 Å². The van der Waals surface area contributed by atoms with Crippen LogP contribution in [0, 0.1) is 11.7 Å². The highest BCUT2D eigenvalue weighted by atomic mass is 79.9. The van der Waals surface area contributed by atoms with Crippen molar-refractivity contribution in [3.63, 3.8) is 0 Å². The smallest absolute Gasteiger partial charge is 0.264 e. The van der Waals surface area contributed by atoms with Gasteiger partial charge < -0.3 is 5.32 Å². The van der Waals surface area contributed by atoms with Crippen LogP contribution in [0.2, 0.25) is 0 Å². The van der Waals surface area contributed by atoms with Crippen LogP contribution in [0.3, 0.4) is 0 Å². The normalized spacial score (nSPS) is 21.6. The van der Waals surface area contributed by atoms with Crippen LogP contribution in [0.1, 0.15) is 30.1 Å². The minimum Gasteiger partial charge on any atom is -0.349 e. The number of amides is 1. The molecule has 1 aromatic rings. The Balaban J connectivity index is 2.32. The van der Waals surface area contributed by atoms with Crippen LogP contribution in [-0.4, -0.2) is 20.4 Å². The Hall–Kier alpha value is -0.660. The Morgan fingerprint density at radius 3 is 2.70 bits per heavy atom. The third-order valence-electron chi connectivity index (χ3n) is 3.27. The fourth-order valence-electron chi connectivity index (χ4n) is 2.03. The van der Waals surface area contributed by atoms with Crippen LogP contribution in [0.4, 0.5) is 4.39 Å². The number of hydrogen-bond acceptors (Lipinski definition) is 3. The van der Waals surface area contributed by atoms with Crippen LogP contribution in [0.25, 0.3) is 0 Å². The minimum absolute atomic E-state index is 0.0296. The quantitative estimate of drug-likeness (QED) is 0.812. The van der Waals surface area contributed by atoms with E-state index in [1.54, 1.807) is 0 Å². The maximum absolute atomic E-state index is 14.1. The van der Waals surface area contributed by atoms with Gasteiger partial charge in [0.1, 0.15) is 4.90 Å². The molecule has 0 saturated heterocycles. The van der Waals surface area contributed by atoms with E-state index in [0.717, 1.165) is 18.9 Å². The summed E-state index contributed by atoms with van der Waals surface area (Å²) in [5.74, 6) is -1.36. The molecule has 0 spiro atoms. The zero-order chi connectivity index (χ0) is 15.1. The van der Waals surface area contributed by atoms with Crippen molar-refractivity contribution in [2.24, 2.45) is 5.92 Å². The van der Waals surface area contributed by atoms with Gasteiger partial charge in [-0.25, -0.2) is 12.8 Å². The second kappa shape index (κ2) is 5.61. The monoisotopic (exact) mass is 383 g/mol. The molecule has 4 nitrogen and oxygen atoms in total. The molecular formula is C12H12BrClFNO3S. The summed E-state index contributed by atoms with van der Waals surface area (Å²) in [6.45, 7) is 2.01. The Labute approximate surface area is 129 Å². The first-order valence-corrected chi connectivity index (χ1v) is 9.08. The van der Waals surface area contributed by atoms with Gasteiger partial charge in [-0.1, -0.05) is 29.3 Å². The van der Waals surface area contributed by atoms with Crippen LogP contribution in [0.15, 0.2) is 21.5 Å². The number of hydrogen-bond donors (Lipinski definition) is 1. The van der Waals surface area contributed by atoms with Gasteiger partial charge in [-0.2, -0.15) is 0 Å². The highest BCUT2D eigenvalue weighted by Crippen LogP contribution is 2.34. The molecule has 110 valence electrons. The molecule has 8 heteroatoms. The van der Waals surface area contributed by atoms with Crippen molar-refractivity contribution in [1.82, 2.24) is 5.32 Å². The molecule has 2 atom stereocenters. The van der Waals surface area contributed by atoms with Gasteiger partial charge in [-0.15, -0.1) is 0 Å². The lowest BCUT2D eigenvalue weighted by molar-refractivity contribution is 0.0944. The predicted molar refractivity (Wildman–Crippen MR) is 76.8 cm³/mol. The summed E-state index contributed by atoms with van der Waals surface area (Å²) in [6.07, 6.45) is 1.80. The summed E-state index contributed by atoms with van der Waals surface area (Å²) < 4.78 is 36.9. The van der Waals surface area contributed by atoms with E-state index in [9.17, 15) is 17.6 Å². The number of halogens is 3. The molecule has 0 bridgehead atoms. The lowest BCUT2D eigenvalue weighted by Gasteiger charge is -2.08. The summed E-state index contributed by atoms with van der Waals surface area (Å²) in [4.78, 5) is 11.3. The lowest BCUT2D eigenvalue weighted by atomic mass is 10.2. The highest BCUT2D eigenvalue weighted by molar-refractivity contribution is 9.10. The zero-order valence-electron chi connectivity index (χ0n) is 10.5. The molecular weight excluding hydrogens is 373 g/mol. The molecule has 20 heavy (non-hydrogen) atoms. The molecule has 0 heterocycles. The largest absolute Gasteiger partial charge is 0.349 e. The van der Waals surface area contributed by atoms with Gasteiger partial charge in [0.05, 0.1) is 5.56 Å². The molecule has 1 fully saturated rings. The maximum Gasteiger partial charge on any atom is 0.264 e. The molecule has 1 aliphatic rings. The molecule has 2 unspecified atom stereocenters. The second-order valence-corrected chi connectivity index (χ2v) is 8.14. The van der Waals surface area contributed by atoms with E-state index in [1.165, 1.54) is 6.07 Å². The third kappa shape index (κ3) is 3.32. The van der Waals surface area contributed by atoms with Crippen molar-refractivity contribution in [1.29, 1.82) is 0 Å². The van der Waals surface area contributed by atoms with E-state index in [2.05, 4.69) is 21.2 Å². The van der Waals surface area contributed by atoms with E-state index in [-0.39, 0.29) is 16.1 Å². The summed E-state index contributed by atoms with van der Waals surface area (Å²) >= 11 is 3.05. The molecule has 1 N–H and O–H groups in total. The fourth-order valence-corrected chi connectivity index (χ4v) is 3.57. The van der Waals surface area contributed by atoms with Crippen molar-refractivity contribution in [3.05, 3.63) is 28.0 Å². The molecule has 0 aliphatic heterocycles. The molecule has 2 rings (SSSR count). The summed E-state index contributed by atoms with van der Waals surface area (Å²) in [6, 6.07) is 2.29. The Morgan fingerprint density at radius 2 is 2.20 bits per heavy atom. The first kappa shape index (κ1) is 15.7. The molecule has 1 amide bonds. The van der Waals surface area contributed by atoms with Gasteiger partial charge in [0.2, 0.25) is 0 Å². The molecule has 1 aromatic carbocycles. The van der Waals surface area contributed by atoms with Crippen molar-refractivity contribution >= 4 is 41.6 Å². The van der Waals surface area contributed by atoms with Crippen LogP contribution in [-0.2, 0) is 9.05 Å². The van der Waals surface area contributed by atoms with E-state index in [4.69, 9.17) is 10.7 Å². The number of benzene rings is 1. The highest BCUT2D eigenvalue weighted by Gasteiger charge is 2.37. The Kier molecular flexibility index (Phi) is 4.41. The average molecular weight is 385 g/mol. The minimum atomic E-state index is -4.25. The first-order valence-electron chi connectivity index (χ1n) is 5.98. The summed E-state index contributed by atoms with van der Waals surface area (Å²) in [7, 11) is 0.903. The van der Waals surface area contributed by atoms with Gasteiger partial charge in [0.15, 0.2) is 5.82 Å². The Bertz CT molecular complexity index is 665. The van der Waals surface area contributed by atoms with E-state index in [1.807, 2.05) is 6.92 Å². The van der Waals surface area contributed by atoms with Gasteiger partial charge >= 0.3 is 0 Å². The average Bonchev–Trinajstić information content (AvgIpc) is 3.08. The number of rotatable bonds is 4. The molecule has 1 saturated carbocycles. The fraction of sp³-hybridized carbons (Fsp3) is 0.417. The molecule has 1 aliphatic carbocycles. The van der Waals surface area contributed by atoms with Gasteiger partial charge in [0, 0.05) is 21.2 Å². The first-order chi connectivity index (χ1) is 9.24. The number of carbonyl (C=O) groups is 1. The van der Waals surface area contributed by atoms with Crippen LogP contribution < -0.4 is 5.32 Å². The summed E-state index contributed by atoms with van der Waals surface area (Å²) in [5.41, 5.74) is -0.333. The van der Waals surface area contributed by atoms with Crippen molar-refractivity contribution in [3.8, 4) is 0 Å². The lowest BCUT2D eigenvalue weighted by Crippen LogP contribution is -2.28. The number of nitrogens with one attached hydrogen (secondary N) is 1. The van der Waals surface area contributed by atoms with Crippen LogP contribution in [0.5, 0.6) is 0 Å². The predicted octanol–water partition coefficient (Wildman–Crippen LogP) is 3.04. The zero-order valence-corrected chi connectivity index (χ0v) is 13.6. The van der Waals surface area contributed by atoms with Crippen molar-refractivity contribution in [2.75, 3.05) is 0 Å². The Morgan fingerprint density at radius 1 is 1.55 bits per heavy atom. The standard InChI is InChI=1S/C12H12BrClFNO3S/c1-2-6-3-9(6)16-12(17)8-4-7(13)5-10(11(8)15)20(14,18)19/h4-6,9H,2-3H2,1H3,(H,16,17). The second-order valence-electron chi connectivity index (χ2n) is 4.69.